The number of rotatable bonds is 42. The molecule has 0 aliphatic carbocycles. The number of carbonyl (C=O) groups is 2. The van der Waals surface area contributed by atoms with Crippen LogP contribution >= 0.6 is 0 Å². The number of nitrogens with zero attached hydrogens (tertiary/aromatic N) is 1. The van der Waals surface area contributed by atoms with Crippen LogP contribution in [0.5, 0.6) is 0 Å². The summed E-state index contributed by atoms with van der Waals surface area (Å²) in [6.45, 7) is 11.5. The van der Waals surface area contributed by atoms with Gasteiger partial charge in [-0.3, -0.25) is 9.59 Å². The molecule has 0 saturated carbocycles. The van der Waals surface area contributed by atoms with Crippen molar-refractivity contribution < 1.29 is 19.1 Å². The second kappa shape index (κ2) is 41.6. The molecule has 0 fully saturated rings. The number of nitrogens with two attached hydrogens (primary N) is 1. The summed E-state index contributed by atoms with van der Waals surface area (Å²) in [6, 6.07) is 0. The zero-order valence-corrected chi connectivity index (χ0v) is 34.8. The Morgan fingerprint density at radius 2 is 0.824 bits per heavy atom. The second-order valence-electron chi connectivity index (χ2n) is 15.6. The van der Waals surface area contributed by atoms with Gasteiger partial charge in [0.05, 0.1) is 6.61 Å². The van der Waals surface area contributed by atoms with E-state index in [1.54, 1.807) is 0 Å². The van der Waals surface area contributed by atoms with Gasteiger partial charge in [0, 0.05) is 12.8 Å². The normalized spacial score (nSPS) is 11.6. The maximum absolute atomic E-state index is 12.7. The Balaban J connectivity index is 4.02. The topological polar surface area (TPSA) is 81.9 Å². The molecule has 2 N–H and O–H groups in total. The lowest BCUT2D eigenvalue weighted by molar-refractivity contribution is -0.150. The van der Waals surface area contributed by atoms with Crippen molar-refractivity contribution in [3.05, 3.63) is 0 Å². The minimum atomic E-state index is -0.0138. The third-order valence-electron chi connectivity index (χ3n) is 10.5. The van der Waals surface area contributed by atoms with Gasteiger partial charge in [-0.2, -0.15) is 0 Å². The summed E-state index contributed by atoms with van der Waals surface area (Å²) >= 11 is 0. The first-order valence-electron chi connectivity index (χ1n) is 22.8. The molecule has 0 atom stereocenters. The van der Waals surface area contributed by atoms with Crippen molar-refractivity contribution in [2.75, 3.05) is 32.8 Å². The van der Waals surface area contributed by atoms with Gasteiger partial charge in [-0.1, -0.05) is 162 Å². The predicted octanol–water partition coefficient (Wildman–Crippen LogP) is 13.0. The summed E-state index contributed by atoms with van der Waals surface area (Å²) < 4.78 is 11.5. The fourth-order valence-corrected chi connectivity index (χ4v) is 7.05. The first-order valence-corrected chi connectivity index (χ1v) is 22.8. The van der Waals surface area contributed by atoms with Gasteiger partial charge in [0.2, 0.25) is 0 Å². The molecule has 0 bridgehead atoms. The van der Waals surface area contributed by atoms with E-state index >= 15 is 0 Å². The zero-order chi connectivity index (χ0) is 37.3. The summed E-state index contributed by atoms with van der Waals surface area (Å²) in [5, 5.41) is 0. The van der Waals surface area contributed by atoms with Crippen LogP contribution in [0, 0.1) is 0 Å². The van der Waals surface area contributed by atoms with E-state index in [9.17, 15) is 9.59 Å². The van der Waals surface area contributed by atoms with Gasteiger partial charge in [0.25, 0.3) is 0 Å². The van der Waals surface area contributed by atoms with Gasteiger partial charge in [-0.05, 0) is 90.4 Å². The van der Waals surface area contributed by atoms with Crippen molar-refractivity contribution in [1.82, 2.24) is 4.90 Å². The van der Waals surface area contributed by atoms with E-state index in [4.69, 9.17) is 15.2 Å². The smallest absolute Gasteiger partial charge is 0.306 e. The number of esters is 2. The number of ether oxygens (including phenoxy) is 2. The molecule has 6 nitrogen and oxygen atoms in total. The predicted molar refractivity (Wildman–Crippen MR) is 220 cm³/mol. The number of unbranched alkanes of at least 4 members (excludes halogenated alkanes) is 24. The average molecular weight is 723 g/mol. The number of hydrogen-bond donors (Lipinski definition) is 1. The Bertz CT molecular complexity index is 702. The molecule has 0 unspecified atom stereocenters. The largest absolute Gasteiger partial charge is 0.466 e. The minimum Gasteiger partial charge on any atom is -0.466 e. The second-order valence-corrected chi connectivity index (χ2v) is 15.6. The molecule has 0 aliphatic rings. The van der Waals surface area contributed by atoms with Crippen LogP contribution in [0.15, 0.2) is 0 Å². The van der Waals surface area contributed by atoms with Crippen molar-refractivity contribution in [1.29, 1.82) is 0 Å². The van der Waals surface area contributed by atoms with Gasteiger partial charge < -0.3 is 20.1 Å². The number of hydrogen-bond acceptors (Lipinski definition) is 6. The lowest BCUT2D eigenvalue weighted by Gasteiger charge is -2.22. The van der Waals surface area contributed by atoms with E-state index in [1.165, 1.54) is 154 Å². The third-order valence-corrected chi connectivity index (χ3v) is 10.5. The van der Waals surface area contributed by atoms with Gasteiger partial charge in [-0.15, -0.1) is 0 Å². The van der Waals surface area contributed by atoms with Crippen LogP contribution in [-0.2, 0) is 19.1 Å². The Morgan fingerprint density at radius 3 is 1.29 bits per heavy atom. The molecule has 0 amide bonds. The van der Waals surface area contributed by atoms with Crippen LogP contribution < -0.4 is 5.73 Å². The lowest BCUT2D eigenvalue weighted by Crippen LogP contribution is -2.28. The molecule has 0 rings (SSSR count). The summed E-state index contributed by atoms with van der Waals surface area (Å²) in [5.41, 5.74) is 5.83. The van der Waals surface area contributed by atoms with E-state index in [-0.39, 0.29) is 18.0 Å². The zero-order valence-electron chi connectivity index (χ0n) is 34.8. The van der Waals surface area contributed by atoms with Crippen LogP contribution in [0.25, 0.3) is 0 Å². The van der Waals surface area contributed by atoms with E-state index in [0.717, 1.165) is 77.5 Å². The first kappa shape index (κ1) is 49.9. The van der Waals surface area contributed by atoms with Crippen molar-refractivity contribution in [2.45, 2.75) is 245 Å². The molecule has 0 spiro atoms. The van der Waals surface area contributed by atoms with Gasteiger partial charge in [-0.25, -0.2) is 0 Å². The number of carbonyl (C=O) groups excluding carboxylic acids is 2. The van der Waals surface area contributed by atoms with Crippen molar-refractivity contribution in [3.63, 3.8) is 0 Å². The van der Waals surface area contributed by atoms with Crippen LogP contribution in [0.1, 0.15) is 239 Å². The molecule has 0 aliphatic heterocycles. The molecule has 6 heteroatoms. The highest BCUT2D eigenvalue weighted by atomic mass is 16.5. The van der Waals surface area contributed by atoms with Gasteiger partial charge in [0.15, 0.2) is 0 Å². The first-order chi connectivity index (χ1) is 25.1. The fourth-order valence-electron chi connectivity index (χ4n) is 7.05. The standard InChI is InChI=1S/C45H90N2O4/c1-4-7-10-13-16-25-32-42-50-44(48)36-28-21-17-23-30-39-47(41-33-38-46)40-31-24-18-22-29-37-45(49)51-43(34-26-19-14-11-8-5-2)35-27-20-15-12-9-6-3/h43H,4-42,46H2,1-3H3. The molecule has 0 saturated heterocycles. The monoisotopic (exact) mass is 723 g/mol. The Hall–Kier alpha value is -1.14. The highest BCUT2D eigenvalue weighted by Gasteiger charge is 2.14. The highest BCUT2D eigenvalue weighted by molar-refractivity contribution is 5.69. The molecule has 304 valence electrons. The van der Waals surface area contributed by atoms with Crippen LogP contribution in [0.4, 0.5) is 0 Å². The molecule has 0 heterocycles. The lowest BCUT2D eigenvalue weighted by atomic mass is 10.0. The quantitative estimate of drug-likeness (QED) is 0.0499. The third kappa shape index (κ3) is 38.4. The van der Waals surface area contributed by atoms with E-state index < -0.39 is 0 Å². The van der Waals surface area contributed by atoms with E-state index in [0.29, 0.717) is 19.4 Å². The summed E-state index contributed by atoms with van der Waals surface area (Å²) in [7, 11) is 0. The van der Waals surface area contributed by atoms with Crippen LogP contribution in [-0.4, -0.2) is 55.7 Å². The maximum atomic E-state index is 12.7. The summed E-state index contributed by atoms with van der Waals surface area (Å²) in [6.07, 6.45) is 40.0. The van der Waals surface area contributed by atoms with Crippen molar-refractivity contribution >= 4 is 11.9 Å². The SMILES string of the molecule is CCCCCCCCCOC(=O)CCCCCCCN(CCCN)CCCCCCCC(=O)OC(CCCCCCCC)CCCCCCCC. The molecule has 0 radical (unpaired) electrons. The van der Waals surface area contributed by atoms with Crippen LogP contribution in [0.2, 0.25) is 0 Å². The Labute approximate surface area is 318 Å². The average Bonchev–Trinajstić information content (AvgIpc) is 3.13. The molecule has 0 aromatic carbocycles. The van der Waals surface area contributed by atoms with Crippen molar-refractivity contribution in [2.24, 2.45) is 5.73 Å². The highest BCUT2D eigenvalue weighted by Crippen LogP contribution is 2.18. The van der Waals surface area contributed by atoms with Gasteiger partial charge >= 0.3 is 11.9 Å². The van der Waals surface area contributed by atoms with E-state index in [2.05, 4.69) is 25.7 Å². The summed E-state index contributed by atoms with van der Waals surface area (Å²) in [5.74, 6) is 0.0174. The molecular formula is C45H90N2O4. The maximum Gasteiger partial charge on any atom is 0.306 e. The minimum absolute atomic E-state index is 0.0138. The molecule has 0 aromatic rings. The van der Waals surface area contributed by atoms with Crippen LogP contribution in [0.3, 0.4) is 0 Å². The van der Waals surface area contributed by atoms with E-state index in [1.807, 2.05) is 0 Å². The Kier molecular flexibility index (Phi) is 40.7. The molecule has 51 heavy (non-hydrogen) atoms. The van der Waals surface area contributed by atoms with Crippen molar-refractivity contribution in [3.8, 4) is 0 Å². The fraction of sp³-hybridized carbons (Fsp3) is 0.956. The Morgan fingerprint density at radius 1 is 0.451 bits per heavy atom. The summed E-state index contributed by atoms with van der Waals surface area (Å²) in [4.78, 5) is 27.3. The van der Waals surface area contributed by atoms with Gasteiger partial charge in [0.1, 0.15) is 6.10 Å². The molecule has 0 aromatic heterocycles. The molecular weight excluding hydrogens is 633 g/mol.